The number of aromatic nitrogens is 6. The normalized spacial score (nSPS) is 14.4. The van der Waals surface area contributed by atoms with Gasteiger partial charge in [0.25, 0.3) is 0 Å². The number of hydrogen-bond donors (Lipinski definition) is 2. The van der Waals surface area contributed by atoms with Gasteiger partial charge in [0.15, 0.2) is 0 Å². The molecule has 0 aliphatic carbocycles. The molecule has 0 amide bonds. The Bertz CT molecular complexity index is 1580. The lowest BCUT2D eigenvalue weighted by molar-refractivity contribution is -0.137. The van der Waals surface area contributed by atoms with E-state index in [0.717, 1.165) is 43.9 Å². The maximum absolute atomic E-state index is 13.6. The van der Waals surface area contributed by atoms with Crippen LogP contribution in [0.25, 0.3) is 16.8 Å². The quantitative estimate of drug-likeness (QED) is 0.238. The minimum absolute atomic E-state index is 0. The maximum Gasteiger partial charge on any atom is 0.417 e. The molecule has 5 rings (SSSR count). The highest BCUT2D eigenvalue weighted by atomic mass is 35.5. The Hall–Kier alpha value is -3.64. The van der Waals surface area contributed by atoms with Crippen molar-refractivity contribution in [2.24, 2.45) is 0 Å². The number of fused-ring (bicyclic) bond motifs is 1. The number of nitrogens with one attached hydrogen (secondary N) is 2. The van der Waals surface area contributed by atoms with Crippen LogP contribution in [-0.4, -0.2) is 62.9 Å². The molecule has 0 aromatic carbocycles. The molecule has 1 atom stereocenters. The number of piperidine rings is 1. The SMILES string of the molecule is COCCNc1ncc(C(F)(F)F)cc1C(C)Oc1cc(-c2nnn(C3CCNCC3)c2C)cn2ncc(C#N)c12.Cl.Cl. The van der Waals surface area contributed by atoms with Gasteiger partial charge in [-0.25, -0.2) is 14.2 Å². The van der Waals surface area contributed by atoms with Gasteiger partial charge in [0.05, 0.1) is 30.1 Å². The van der Waals surface area contributed by atoms with E-state index in [9.17, 15) is 18.4 Å². The highest BCUT2D eigenvalue weighted by Crippen LogP contribution is 2.37. The summed E-state index contributed by atoms with van der Waals surface area (Å²) in [4.78, 5) is 4.03. The zero-order chi connectivity index (χ0) is 29.1. The summed E-state index contributed by atoms with van der Waals surface area (Å²) in [5.74, 6) is 0.504. The van der Waals surface area contributed by atoms with Crippen molar-refractivity contribution in [3.8, 4) is 23.1 Å². The van der Waals surface area contributed by atoms with Gasteiger partial charge in [0, 0.05) is 37.2 Å². The van der Waals surface area contributed by atoms with E-state index in [0.29, 0.717) is 29.9 Å². The van der Waals surface area contributed by atoms with E-state index < -0.39 is 17.8 Å². The fourth-order valence-electron chi connectivity index (χ4n) is 5.01. The van der Waals surface area contributed by atoms with Gasteiger partial charge >= 0.3 is 6.18 Å². The number of pyridine rings is 2. The van der Waals surface area contributed by atoms with Crippen LogP contribution in [0.4, 0.5) is 19.0 Å². The van der Waals surface area contributed by atoms with E-state index in [-0.39, 0.29) is 53.6 Å². The van der Waals surface area contributed by atoms with Crippen molar-refractivity contribution in [2.45, 2.75) is 45.0 Å². The Morgan fingerprint density at radius 3 is 2.63 bits per heavy atom. The van der Waals surface area contributed by atoms with Gasteiger partial charge in [-0.2, -0.15) is 23.5 Å². The highest BCUT2D eigenvalue weighted by Gasteiger charge is 2.33. The van der Waals surface area contributed by atoms with Crippen LogP contribution in [0.15, 0.2) is 30.7 Å². The summed E-state index contributed by atoms with van der Waals surface area (Å²) in [5, 5.41) is 29.3. The Balaban J connectivity index is 0.00000253. The summed E-state index contributed by atoms with van der Waals surface area (Å²) in [6.07, 6.45) is 0.331. The first-order valence-electron chi connectivity index (χ1n) is 13.2. The molecule has 0 spiro atoms. The van der Waals surface area contributed by atoms with Gasteiger partial charge in [0.2, 0.25) is 0 Å². The van der Waals surface area contributed by atoms with Crippen LogP contribution in [0.5, 0.6) is 5.75 Å². The zero-order valence-electron chi connectivity index (χ0n) is 23.7. The van der Waals surface area contributed by atoms with Crippen LogP contribution in [0.3, 0.4) is 0 Å². The molecule has 43 heavy (non-hydrogen) atoms. The summed E-state index contributed by atoms with van der Waals surface area (Å²) in [6.45, 7) is 6.04. The van der Waals surface area contributed by atoms with E-state index in [1.54, 1.807) is 19.2 Å². The van der Waals surface area contributed by atoms with Gasteiger partial charge in [-0.05, 0) is 51.9 Å². The third-order valence-corrected chi connectivity index (χ3v) is 7.14. The molecule has 1 aliphatic heterocycles. The molecule has 0 saturated carbocycles. The second-order valence-corrected chi connectivity index (χ2v) is 9.84. The standard InChI is InChI=1S/C27H30F3N9O2.2ClH/c1-16-24(36-37-39(16)21-4-6-32-7-5-21)18-10-23(25-19(12-31)13-35-38(25)15-18)41-17(2)22-11-20(27(28,29)30)14-34-26(22)33-8-9-40-3;;/h10-11,13-15,17,21,32H,4-9H2,1-3H3,(H,33,34);2*1H. The van der Waals surface area contributed by atoms with Crippen molar-refractivity contribution in [2.75, 3.05) is 38.7 Å². The Morgan fingerprint density at radius 2 is 1.95 bits per heavy atom. The van der Waals surface area contributed by atoms with Gasteiger partial charge in [-0.15, -0.1) is 29.9 Å². The topological polar surface area (TPSA) is 127 Å². The highest BCUT2D eigenvalue weighted by molar-refractivity contribution is 5.85. The number of nitrogens with zero attached hydrogens (tertiary/aromatic N) is 7. The Kier molecular flexibility index (Phi) is 11.2. The molecule has 5 heterocycles. The lowest BCUT2D eigenvalue weighted by Gasteiger charge is -2.23. The predicted molar refractivity (Wildman–Crippen MR) is 158 cm³/mol. The number of methoxy groups -OCH3 is 1. The third kappa shape index (κ3) is 7.13. The average Bonchev–Trinajstić information content (AvgIpc) is 3.56. The van der Waals surface area contributed by atoms with Crippen LogP contribution < -0.4 is 15.4 Å². The first-order chi connectivity index (χ1) is 19.7. The summed E-state index contributed by atoms with van der Waals surface area (Å²) < 4.78 is 55.6. The number of alkyl halides is 3. The Labute approximate surface area is 258 Å². The first kappa shape index (κ1) is 33.9. The van der Waals surface area contributed by atoms with E-state index in [2.05, 4.69) is 37.1 Å². The van der Waals surface area contributed by atoms with Crippen molar-refractivity contribution < 1.29 is 22.6 Å². The van der Waals surface area contributed by atoms with E-state index in [1.807, 2.05) is 11.6 Å². The lowest BCUT2D eigenvalue weighted by atomic mass is 10.1. The number of rotatable bonds is 9. The second-order valence-electron chi connectivity index (χ2n) is 9.84. The van der Waals surface area contributed by atoms with Crippen LogP contribution in [0, 0.1) is 18.3 Å². The monoisotopic (exact) mass is 641 g/mol. The van der Waals surface area contributed by atoms with Gasteiger partial charge in [-0.1, -0.05) is 5.21 Å². The fraction of sp³-hybridized carbons (Fsp3) is 0.444. The molecule has 1 saturated heterocycles. The molecule has 232 valence electrons. The molecule has 4 aromatic heterocycles. The van der Waals surface area contributed by atoms with Crippen LogP contribution >= 0.6 is 24.8 Å². The molecular formula is C27H32Cl2F3N9O2. The van der Waals surface area contributed by atoms with Crippen LogP contribution in [0.2, 0.25) is 0 Å². The van der Waals surface area contributed by atoms with Gasteiger partial charge in [-0.3, -0.25) is 0 Å². The second kappa shape index (κ2) is 14.2. The molecule has 11 nitrogen and oxygen atoms in total. The molecule has 16 heteroatoms. The van der Waals surface area contributed by atoms with Crippen molar-refractivity contribution >= 4 is 36.1 Å². The summed E-state index contributed by atoms with van der Waals surface area (Å²) in [5.41, 5.74) is 2.09. The average molecular weight is 643 g/mol. The Morgan fingerprint density at radius 1 is 1.21 bits per heavy atom. The predicted octanol–water partition coefficient (Wildman–Crippen LogP) is 5.15. The maximum atomic E-state index is 13.6. The summed E-state index contributed by atoms with van der Waals surface area (Å²) in [7, 11) is 1.53. The first-order valence-corrected chi connectivity index (χ1v) is 13.2. The lowest BCUT2D eigenvalue weighted by Crippen LogP contribution is -2.30. The molecule has 2 N–H and O–H groups in total. The number of nitriles is 1. The number of ether oxygens (including phenoxy) is 2. The molecular weight excluding hydrogens is 610 g/mol. The van der Waals surface area contributed by atoms with Crippen LogP contribution in [-0.2, 0) is 10.9 Å². The summed E-state index contributed by atoms with van der Waals surface area (Å²) >= 11 is 0. The number of anilines is 1. The van der Waals surface area contributed by atoms with E-state index >= 15 is 0 Å². The number of hydrogen-bond acceptors (Lipinski definition) is 9. The zero-order valence-corrected chi connectivity index (χ0v) is 25.3. The van der Waals surface area contributed by atoms with Crippen molar-refractivity contribution in [1.82, 2.24) is 34.9 Å². The largest absolute Gasteiger partial charge is 0.484 e. The van der Waals surface area contributed by atoms with Gasteiger partial charge in [0.1, 0.15) is 40.5 Å². The molecule has 1 fully saturated rings. The van der Waals surface area contributed by atoms with Crippen molar-refractivity contribution in [3.63, 3.8) is 0 Å². The summed E-state index contributed by atoms with van der Waals surface area (Å²) in [6, 6.07) is 5.07. The van der Waals surface area contributed by atoms with Crippen molar-refractivity contribution in [1.29, 1.82) is 5.26 Å². The molecule has 1 aliphatic rings. The van der Waals surface area contributed by atoms with E-state index in [1.165, 1.54) is 17.8 Å². The van der Waals surface area contributed by atoms with E-state index in [4.69, 9.17) is 9.47 Å². The molecule has 4 aromatic rings. The smallest absolute Gasteiger partial charge is 0.417 e. The number of halogens is 5. The van der Waals surface area contributed by atoms with Crippen molar-refractivity contribution in [3.05, 3.63) is 53.1 Å². The fourth-order valence-corrected chi connectivity index (χ4v) is 5.01. The molecule has 0 radical (unpaired) electrons. The van der Waals surface area contributed by atoms with Crippen LogP contribution in [0.1, 0.15) is 54.3 Å². The minimum Gasteiger partial charge on any atom is -0.484 e. The molecule has 0 bridgehead atoms. The van der Waals surface area contributed by atoms with Gasteiger partial charge < -0.3 is 20.1 Å². The minimum atomic E-state index is -4.59. The molecule has 1 unspecified atom stereocenters. The third-order valence-electron chi connectivity index (χ3n) is 7.14.